The molecule has 16 nitrogen and oxygen atoms in total. The standard InChI is InChI=1S/C27H30O16/c28-6-15-19(33)22(36)24(38)26(41-15)18-14(42-27-25(39)23(37)20(34)16(7-29)43-27)5-13-17(21(18)35)11(32)4-12(40-13)8-1-2-9(30)10(31)3-8/h1-5,15-16,19-20,22-31,33-39H,6-7H2/t15-,16-,19-,20-,22+,23+,24-,25-,26+,27-/m1/s1. The number of aliphatic hydroxyl groups is 8. The number of benzene rings is 2. The van der Waals surface area contributed by atoms with Crippen LogP contribution in [0.25, 0.3) is 22.3 Å². The average Bonchev–Trinajstić information content (AvgIpc) is 2.98. The maximum atomic E-state index is 13.3. The molecule has 0 spiro atoms. The molecule has 2 aliphatic heterocycles. The van der Waals surface area contributed by atoms with Crippen molar-refractivity contribution >= 4 is 11.0 Å². The van der Waals surface area contributed by atoms with E-state index in [1.165, 1.54) is 6.07 Å². The minimum atomic E-state index is -1.97. The highest BCUT2D eigenvalue weighted by Gasteiger charge is 2.48. The Labute approximate surface area is 241 Å². The Hall–Kier alpha value is -3.55. The molecule has 0 saturated carbocycles. The number of ether oxygens (including phenoxy) is 3. The lowest BCUT2D eigenvalue weighted by Crippen LogP contribution is -2.60. The smallest absolute Gasteiger partial charge is 0.229 e. The van der Waals surface area contributed by atoms with Gasteiger partial charge in [-0.2, -0.15) is 0 Å². The van der Waals surface area contributed by atoms with Gasteiger partial charge in [0.2, 0.25) is 6.29 Å². The van der Waals surface area contributed by atoms with Gasteiger partial charge in [0.15, 0.2) is 16.9 Å². The van der Waals surface area contributed by atoms with E-state index in [-0.39, 0.29) is 16.9 Å². The van der Waals surface area contributed by atoms with Crippen LogP contribution in [0, 0.1) is 0 Å². The van der Waals surface area contributed by atoms with Gasteiger partial charge < -0.3 is 74.8 Å². The minimum Gasteiger partial charge on any atom is -0.506 e. The van der Waals surface area contributed by atoms with Gasteiger partial charge in [-0.1, -0.05) is 0 Å². The molecule has 3 heterocycles. The fourth-order valence-corrected chi connectivity index (χ4v) is 5.12. The van der Waals surface area contributed by atoms with Gasteiger partial charge in [-0.3, -0.25) is 4.79 Å². The number of phenols is 3. The molecule has 3 aromatic rings. The van der Waals surface area contributed by atoms with Crippen LogP contribution in [-0.4, -0.2) is 125 Å². The van der Waals surface area contributed by atoms with Crippen LogP contribution >= 0.6 is 0 Å². The molecule has 234 valence electrons. The topological polar surface area (TPSA) is 280 Å². The van der Waals surface area contributed by atoms with Crippen LogP contribution in [0.5, 0.6) is 23.0 Å². The zero-order chi connectivity index (χ0) is 31.3. The molecule has 0 aliphatic carbocycles. The van der Waals surface area contributed by atoms with E-state index >= 15 is 0 Å². The first-order chi connectivity index (χ1) is 20.4. The molecular formula is C27H30O16. The van der Waals surface area contributed by atoms with Crippen molar-refractivity contribution in [2.24, 2.45) is 0 Å². The van der Waals surface area contributed by atoms with E-state index in [2.05, 4.69) is 0 Å². The molecule has 43 heavy (non-hydrogen) atoms. The van der Waals surface area contributed by atoms with E-state index in [1.807, 2.05) is 0 Å². The summed E-state index contributed by atoms with van der Waals surface area (Å²) in [5, 5.41) is 112. The molecule has 10 atom stereocenters. The third-order valence-corrected chi connectivity index (χ3v) is 7.52. The third kappa shape index (κ3) is 5.38. The monoisotopic (exact) mass is 610 g/mol. The quantitative estimate of drug-likeness (QED) is 0.126. The van der Waals surface area contributed by atoms with Crippen LogP contribution in [0.3, 0.4) is 0 Å². The second-order valence-corrected chi connectivity index (χ2v) is 10.3. The zero-order valence-electron chi connectivity index (χ0n) is 22.0. The Balaban J connectivity index is 1.69. The Bertz CT molecular complexity index is 1540. The van der Waals surface area contributed by atoms with Crippen LogP contribution in [0.1, 0.15) is 11.7 Å². The molecular weight excluding hydrogens is 580 g/mol. The average molecular weight is 611 g/mol. The van der Waals surface area contributed by atoms with Crippen LogP contribution in [0.15, 0.2) is 39.5 Å². The first kappa shape index (κ1) is 30.9. The Morgan fingerprint density at radius 1 is 0.721 bits per heavy atom. The summed E-state index contributed by atoms with van der Waals surface area (Å²) in [6.45, 7) is -1.63. The first-order valence-corrected chi connectivity index (χ1v) is 13.0. The van der Waals surface area contributed by atoms with Crippen molar-refractivity contribution in [1.82, 2.24) is 0 Å². The molecule has 5 rings (SSSR count). The van der Waals surface area contributed by atoms with Gasteiger partial charge >= 0.3 is 0 Å². The third-order valence-electron chi connectivity index (χ3n) is 7.52. The molecule has 2 aliphatic rings. The van der Waals surface area contributed by atoms with Gasteiger partial charge in [-0.25, -0.2) is 0 Å². The summed E-state index contributed by atoms with van der Waals surface area (Å²) in [5.41, 5.74) is -1.56. The van der Waals surface area contributed by atoms with Crippen molar-refractivity contribution in [3.8, 4) is 34.3 Å². The number of phenolic OH excluding ortho intramolecular Hbond substituents is 3. The molecule has 2 fully saturated rings. The summed E-state index contributed by atoms with van der Waals surface area (Å²) in [4.78, 5) is 13.3. The van der Waals surface area contributed by atoms with Gasteiger partial charge in [-0.05, 0) is 18.2 Å². The van der Waals surface area contributed by atoms with E-state index in [0.717, 1.165) is 24.3 Å². The van der Waals surface area contributed by atoms with Crippen molar-refractivity contribution in [2.75, 3.05) is 13.2 Å². The van der Waals surface area contributed by atoms with E-state index in [4.69, 9.17) is 18.6 Å². The van der Waals surface area contributed by atoms with Gasteiger partial charge in [0.25, 0.3) is 0 Å². The van der Waals surface area contributed by atoms with Gasteiger partial charge in [0, 0.05) is 17.7 Å². The predicted octanol–water partition coefficient (Wildman–Crippen LogP) is -2.73. The van der Waals surface area contributed by atoms with E-state index in [9.17, 15) is 61.0 Å². The Morgan fingerprint density at radius 3 is 1.98 bits per heavy atom. The highest BCUT2D eigenvalue weighted by Crippen LogP contribution is 2.46. The van der Waals surface area contributed by atoms with Crippen LogP contribution in [-0.2, 0) is 9.47 Å². The number of hydrogen-bond acceptors (Lipinski definition) is 16. The lowest BCUT2D eigenvalue weighted by atomic mass is 9.89. The zero-order valence-corrected chi connectivity index (χ0v) is 22.0. The molecule has 1 aromatic heterocycles. The van der Waals surface area contributed by atoms with Gasteiger partial charge in [0.1, 0.15) is 83.2 Å². The fraction of sp³-hybridized carbons (Fsp3) is 0.444. The van der Waals surface area contributed by atoms with Crippen LogP contribution in [0.4, 0.5) is 0 Å². The Kier molecular flexibility index (Phi) is 8.52. The lowest BCUT2D eigenvalue weighted by molar-refractivity contribution is -0.278. The normalized spacial score (nSPS) is 33.0. The summed E-state index contributed by atoms with van der Waals surface area (Å²) in [7, 11) is 0. The number of hydrogen-bond donors (Lipinski definition) is 11. The van der Waals surface area contributed by atoms with Crippen molar-refractivity contribution in [2.45, 2.75) is 61.2 Å². The predicted molar refractivity (Wildman–Crippen MR) is 140 cm³/mol. The summed E-state index contributed by atoms with van der Waals surface area (Å²) >= 11 is 0. The minimum absolute atomic E-state index is 0.133. The van der Waals surface area contributed by atoms with Crippen molar-refractivity contribution in [3.63, 3.8) is 0 Å². The number of fused-ring (bicyclic) bond motifs is 1. The summed E-state index contributed by atoms with van der Waals surface area (Å²) in [6.07, 6.45) is -17.6. The molecule has 2 aromatic carbocycles. The summed E-state index contributed by atoms with van der Waals surface area (Å²) in [6, 6.07) is 5.56. The van der Waals surface area contributed by atoms with Gasteiger partial charge in [-0.15, -0.1) is 0 Å². The second kappa shape index (κ2) is 11.9. The molecule has 0 radical (unpaired) electrons. The van der Waals surface area contributed by atoms with Crippen molar-refractivity contribution in [3.05, 3.63) is 46.1 Å². The van der Waals surface area contributed by atoms with E-state index in [0.29, 0.717) is 0 Å². The number of aromatic hydroxyl groups is 3. The second-order valence-electron chi connectivity index (χ2n) is 10.3. The van der Waals surface area contributed by atoms with Crippen molar-refractivity contribution in [1.29, 1.82) is 0 Å². The van der Waals surface area contributed by atoms with E-state index in [1.54, 1.807) is 0 Å². The van der Waals surface area contributed by atoms with Crippen molar-refractivity contribution < 1.29 is 74.8 Å². The van der Waals surface area contributed by atoms with Gasteiger partial charge in [0.05, 0.1) is 18.8 Å². The maximum absolute atomic E-state index is 13.3. The van der Waals surface area contributed by atoms with Crippen LogP contribution in [0.2, 0.25) is 0 Å². The van der Waals surface area contributed by atoms with Crippen LogP contribution < -0.4 is 10.2 Å². The largest absolute Gasteiger partial charge is 0.506 e. The summed E-state index contributed by atoms with van der Waals surface area (Å²) < 4.78 is 22.5. The molecule has 0 unspecified atom stereocenters. The summed E-state index contributed by atoms with van der Waals surface area (Å²) in [5.74, 6) is -2.49. The number of aliphatic hydroxyl groups excluding tert-OH is 8. The molecule has 16 heteroatoms. The highest BCUT2D eigenvalue weighted by molar-refractivity contribution is 5.88. The molecule has 0 bridgehead atoms. The number of rotatable bonds is 6. The first-order valence-electron chi connectivity index (χ1n) is 13.0. The molecule has 0 amide bonds. The Morgan fingerprint density at radius 2 is 1.35 bits per heavy atom. The van der Waals surface area contributed by atoms with E-state index < -0.39 is 114 Å². The molecule has 2 saturated heterocycles. The SMILES string of the molecule is O=c1cc(-c2ccc(O)c(O)c2)oc2cc(O[C@@H]3O[C@H](CO)[C@@H](O)[C@H](O)[C@H]3O)c([C@@H]3O[C@H](CO)[C@@H](O)[C@H](O)[C@H]3O)c(O)c12. The fourth-order valence-electron chi connectivity index (χ4n) is 5.12. The lowest BCUT2D eigenvalue weighted by Gasteiger charge is -2.42. The highest BCUT2D eigenvalue weighted by atomic mass is 16.7. The molecule has 11 N–H and O–H groups in total. The maximum Gasteiger partial charge on any atom is 0.229 e.